The number of ketones is 1. The van der Waals surface area contributed by atoms with Crippen molar-refractivity contribution in [3.63, 3.8) is 0 Å². The van der Waals surface area contributed by atoms with Crippen LogP contribution in [-0.2, 0) is 13.0 Å². The van der Waals surface area contributed by atoms with Crippen LogP contribution in [0.2, 0.25) is 0 Å². The summed E-state index contributed by atoms with van der Waals surface area (Å²) in [6.45, 7) is 1.37. The molecule has 0 amide bonds. The average molecular weight is 288 g/mol. The standard InChI is InChI=1S/C14H12N2O3S/c17-12(8-2-1-4-15-6-8)13-11(14(18)19)9-3-5-16-7-10(9)20-13/h1-2,4,6,16H,3,5,7H2,(H,18,19). The van der Waals surface area contributed by atoms with Gasteiger partial charge in [-0.3, -0.25) is 9.78 Å². The van der Waals surface area contributed by atoms with Gasteiger partial charge in [-0.05, 0) is 30.7 Å². The molecule has 0 aromatic carbocycles. The number of aromatic carboxylic acids is 1. The zero-order valence-corrected chi connectivity index (χ0v) is 11.4. The zero-order valence-electron chi connectivity index (χ0n) is 10.5. The van der Waals surface area contributed by atoms with Gasteiger partial charge in [0, 0.05) is 29.4 Å². The maximum absolute atomic E-state index is 12.5. The Morgan fingerprint density at radius 1 is 1.40 bits per heavy atom. The van der Waals surface area contributed by atoms with Gasteiger partial charge in [0.1, 0.15) is 0 Å². The molecule has 0 atom stereocenters. The average Bonchev–Trinajstić information content (AvgIpc) is 2.86. The quantitative estimate of drug-likeness (QED) is 0.841. The number of pyridine rings is 1. The zero-order chi connectivity index (χ0) is 14.1. The molecule has 0 unspecified atom stereocenters. The van der Waals surface area contributed by atoms with Crippen LogP contribution in [0.4, 0.5) is 0 Å². The molecule has 0 aliphatic carbocycles. The van der Waals surface area contributed by atoms with Crippen LogP contribution in [0.15, 0.2) is 24.5 Å². The van der Waals surface area contributed by atoms with Gasteiger partial charge in [-0.2, -0.15) is 0 Å². The minimum absolute atomic E-state index is 0.167. The fourth-order valence-electron chi connectivity index (χ4n) is 2.35. The van der Waals surface area contributed by atoms with Crippen molar-refractivity contribution < 1.29 is 14.7 Å². The largest absolute Gasteiger partial charge is 0.478 e. The number of carboxylic acid groups (broad SMARTS) is 1. The first kappa shape index (κ1) is 13.0. The summed E-state index contributed by atoms with van der Waals surface area (Å²) in [5, 5.41) is 12.6. The van der Waals surface area contributed by atoms with Crippen molar-refractivity contribution in [2.75, 3.05) is 6.54 Å². The van der Waals surface area contributed by atoms with E-state index in [4.69, 9.17) is 0 Å². The molecule has 2 aromatic heterocycles. The SMILES string of the molecule is O=C(c1cccnc1)c1sc2c(c1C(=O)O)CCNC2. The number of hydrogen-bond donors (Lipinski definition) is 2. The molecule has 1 aliphatic heterocycles. The highest BCUT2D eigenvalue weighted by molar-refractivity contribution is 7.14. The van der Waals surface area contributed by atoms with Gasteiger partial charge >= 0.3 is 5.97 Å². The highest BCUT2D eigenvalue weighted by atomic mass is 32.1. The van der Waals surface area contributed by atoms with E-state index in [0.717, 1.165) is 17.0 Å². The van der Waals surface area contributed by atoms with Crippen molar-refractivity contribution in [1.29, 1.82) is 0 Å². The molecular formula is C14H12N2O3S. The van der Waals surface area contributed by atoms with E-state index in [1.165, 1.54) is 17.5 Å². The highest BCUT2D eigenvalue weighted by Gasteiger charge is 2.28. The smallest absolute Gasteiger partial charge is 0.337 e. The maximum Gasteiger partial charge on any atom is 0.337 e. The van der Waals surface area contributed by atoms with E-state index >= 15 is 0 Å². The molecule has 6 heteroatoms. The molecular weight excluding hydrogens is 276 g/mol. The number of aromatic nitrogens is 1. The number of rotatable bonds is 3. The van der Waals surface area contributed by atoms with Crippen molar-refractivity contribution in [1.82, 2.24) is 10.3 Å². The second-order valence-electron chi connectivity index (χ2n) is 4.51. The van der Waals surface area contributed by atoms with Gasteiger partial charge in [0.05, 0.1) is 10.4 Å². The lowest BCUT2D eigenvalue weighted by atomic mass is 10.00. The Morgan fingerprint density at radius 2 is 2.25 bits per heavy atom. The summed E-state index contributed by atoms with van der Waals surface area (Å²) in [5.41, 5.74) is 1.38. The number of nitrogens with zero attached hydrogens (tertiary/aromatic N) is 1. The summed E-state index contributed by atoms with van der Waals surface area (Å²) in [4.78, 5) is 29.1. The van der Waals surface area contributed by atoms with Crippen LogP contribution in [0.25, 0.3) is 0 Å². The summed E-state index contributed by atoms with van der Waals surface area (Å²) in [5.74, 6) is -1.30. The Kier molecular flexibility index (Phi) is 3.33. The lowest BCUT2D eigenvalue weighted by molar-refractivity contribution is 0.0692. The number of carbonyl (C=O) groups is 2. The monoisotopic (exact) mass is 288 g/mol. The Balaban J connectivity index is 2.12. The minimum atomic E-state index is -1.03. The van der Waals surface area contributed by atoms with Crippen LogP contribution < -0.4 is 5.32 Å². The number of fused-ring (bicyclic) bond motifs is 1. The summed E-state index contributed by atoms with van der Waals surface area (Å²) in [6.07, 6.45) is 3.69. The van der Waals surface area contributed by atoms with Crippen LogP contribution in [-0.4, -0.2) is 28.4 Å². The topological polar surface area (TPSA) is 79.3 Å². The van der Waals surface area contributed by atoms with Gasteiger partial charge in [-0.1, -0.05) is 0 Å². The Hall–Kier alpha value is -2.05. The first-order valence-corrected chi connectivity index (χ1v) is 7.03. The van der Waals surface area contributed by atoms with Gasteiger partial charge in [-0.25, -0.2) is 4.79 Å². The van der Waals surface area contributed by atoms with Crippen LogP contribution in [0.5, 0.6) is 0 Å². The van der Waals surface area contributed by atoms with E-state index in [1.807, 2.05) is 0 Å². The van der Waals surface area contributed by atoms with E-state index in [0.29, 0.717) is 23.4 Å². The van der Waals surface area contributed by atoms with E-state index in [-0.39, 0.29) is 11.3 Å². The third-order valence-electron chi connectivity index (χ3n) is 3.27. The molecule has 20 heavy (non-hydrogen) atoms. The molecule has 0 saturated heterocycles. The second-order valence-corrected chi connectivity index (χ2v) is 5.62. The maximum atomic E-state index is 12.5. The van der Waals surface area contributed by atoms with Crippen molar-refractivity contribution >= 4 is 23.1 Å². The van der Waals surface area contributed by atoms with Gasteiger partial charge in [0.2, 0.25) is 5.78 Å². The summed E-state index contributed by atoms with van der Waals surface area (Å²) in [7, 11) is 0. The number of hydrogen-bond acceptors (Lipinski definition) is 5. The minimum Gasteiger partial charge on any atom is -0.478 e. The third kappa shape index (κ3) is 2.13. The normalized spacial score (nSPS) is 13.8. The predicted octanol–water partition coefficient (Wildman–Crippen LogP) is 1.72. The number of nitrogens with one attached hydrogen (secondary N) is 1. The molecule has 3 heterocycles. The molecule has 2 N–H and O–H groups in total. The van der Waals surface area contributed by atoms with E-state index in [1.54, 1.807) is 18.3 Å². The number of thiophene rings is 1. The molecule has 0 radical (unpaired) electrons. The molecule has 0 spiro atoms. The molecule has 1 aliphatic rings. The van der Waals surface area contributed by atoms with E-state index in [2.05, 4.69) is 10.3 Å². The van der Waals surface area contributed by atoms with Crippen LogP contribution >= 0.6 is 11.3 Å². The molecule has 0 bridgehead atoms. The summed E-state index contributed by atoms with van der Waals surface area (Å²) in [6, 6.07) is 3.32. The van der Waals surface area contributed by atoms with Crippen molar-refractivity contribution in [2.24, 2.45) is 0 Å². The number of carbonyl (C=O) groups excluding carboxylic acids is 1. The van der Waals surface area contributed by atoms with Gasteiger partial charge in [-0.15, -0.1) is 11.3 Å². The van der Waals surface area contributed by atoms with Crippen molar-refractivity contribution in [3.8, 4) is 0 Å². The molecule has 0 fully saturated rings. The van der Waals surface area contributed by atoms with E-state index < -0.39 is 5.97 Å². The molecule has 102 valence electrons. The highest BCUT2D eigenvalue weighted by Crippen LogP contribution is 2.32. The molecule has 2 aromatic rings. The molecule has 5 nitrogen and oxygen atoms in total. The Morgan fingerprint density at radius 3 is 2.95 bits per heavy atom. The Labute approximate surface area is 119 Å². The van der Waals surface area contributed by atoms with E-state index in [9.17, 15) is 14.7 Å². The lowest BCUT2D eigenvalue weighted by Crippen LogP contribution is -2.23. The summed E-state index contributed by atoms with van der Waals surface area (Å²) >= 11 is 1.27. The third-order valence-corrected chi connectivity index (χ3v) is 4.50. The van der Waals surface area contributed by atoms with Crippen LogP contribution in [0, 0.1) is 0 Å². The second kappa shape index (κ2) is 5.15. The summed E-state index contributed by atoms with van der Waals surface area (Å²) < 4.78 is 0. The molecule has 3 rings (SSSR count). The Bertz CT molecular complexity index is 679. The van der Waals surface area contributed by atoms with Gasteiger partial charge < -0.3 is 10.4 Å². The van der Waals surface area contributed by atoms with Crippen LogP contribution in [0.1, 0.15) is 36.0 Å². The van der Waals surface area contributed by atoms with Gasteiger partial charge in [0.25, 0.3) is 0 Å². The lowest BCUT2D eigenvalue weighted by Gasteiger charge is -2.12. The molecule has 0 saturated carbocycles. The van der Waals surface area contributed by atoms with Crippen LogP contribution in [0.3, 0.4) is 0 Å². The van der Waals surface area contributed by atoms with Crippen molar-refractivity contribution in [3.05, 3.63) is 51.0 Å². The number of carboxylic acids is 1. The first-order chi connectivity index (χ1) is 9.68. The predicted molar refractivity (Wildman–Crippen MR) is 74.4 cm³/mol. The fourth-order valence-corrected chi connectivity index (χ4v) is 3.62. The first-order valence-electron chi connectivity index (χ1n) is 6.21. The fraction of sp³-hybridized carbons (Fsp3) is 0.214. The van der Waals surface area contributed by atoms with Gasteiger partial charge in [0.15, 0.2) is 0 Å². The van der Waals surface area contributed by atoms with Crippen molar-refractivity contribution in [2.45, 2.75) is 13.0 Å².